The van der Waals surface area contributed by atoms with Crippen molar-refractivity contribution in [3.05, 3.63) is 148 Å². The van der Waals surface area contributed by atoms with Crippen LogP contribution in [0.5, 0.6) is 0 Å². The van der Waals surface area contributed by atoms with Gasteiger partial charge < -0.3 is 4.90 Å². The standard InChI is InChI=1S/C44H45N/c1-44(2)41-12-8-7-11-39(41)40-28-27-38(30-42(40)44)45(37-25-23-35(24-26-37)34-9-5-3-4-6-10-34)43-29-33-18-17-31-13-15-32(16-14-31)19-21-36(43)22-20-33/h7-8,11-16,20,22-30,34H,3-6,9-10,17-19,21H2,1-2H3. The Morgan fingerprint density at radius 3 is 1.91 bits per heavy atom. The number of benzene rings is 5. The van der Waals surface area contributed by atoms with Gasteiger partial charge in [0.05, 0.1) is 0 Å². The molecule has 5 aromatic carbocycles. The van der Waals surface area contributed by atoms with Gasteiger partial charge in [-0.2, -0.15) is 0 Å². The highest BCUT2D eigenvalue weighted by Gasteiger charge is 2.36. The second-order valence-corrected chi connectivity index (χ2v) is 14.3. The van der Waals surface area contributed by atoms with Gasteiger partial charge in [0.1, 0.15) is 0 Å². The number of fused-ring (bicyclic) bond motifs is 3. The van der Waals surface area contributed by atoms with Crippen molar-refractivity contribution in [3.63, 3.8) is 0 Å². The zero-order valence-electron chi connectivity index (χ0n) is 27.0. The lowest BCUT2D eigenvalue weighted by molar-refractivity contribution is 0.592. The fourth-order valence-electron chi connectivity index (χ4n) is 8.39. The number of hydrogen-bond donors (Lipinski definition) is 0. The maximum absolute atomic E-state index is 2.57. The third-order valence-corrected chi connectivity index (χ3v) is 11.1. The van der Waals surface area contributed by atoms with Gasteiger partial charge in [0, 0.05) is 22.5 Å². The molecule has 6 aliphatic carbocycles. The molecule has 0 radical (unpaired) electrons. The molecular weight excluding hydrogens is 542 g/mol. The van der Waals surface area contributed by atoms with Crippen molar-refractivity contribution in [2.75, 3.05) is 4.90 Å². The minimum atomic E-state index is -0.0373. The van der Waals surface area contributed by atoms with Crippen LogP contribution in [0.4, 0.5) is 17.1 Å². The summed E-state index contributed by atoms with van der Waals surface area (Å²) in [6.45, 7) is 4.78. The highest BCUT2D eigenvalue weighted by Crippen LogP contribution is 2.51. The molecule has 1 nitrogen and oxygen atoms in total. The molecule has 0 amide bonds. The molecule has 45 heavy (non-hydrogen) atoms. The normalized spacial score (nSPS) is 17.2. The molecule has 0 unspecified atom stereocenters. The Hall–Kier alpha value is -4.10. The third kappa shape index (κ3) is 5.31. The molecule has 0 saturated heterocycles. The Balaban J connectivity index is 1.26. The van der Waals surface area contributed by atoms with Gasteiger partial charge in [-0.25, -0.2) is 0 Å². The van der Waals surface area contributed by atoms with Crippen LogP contribution in [-0.4, -0.2) is 0 Å². The predicted octanol–water partition coefficient (Wildman–Crippen LogP) is 11.8. The van der Waals surface area contributed by atoms with Gasteiger partial charge in [0.2, 0.25) is 0 Å². The summed E-state index contributed by atoms with van der Waals surface area (Å²) >= 11 is 0. The molecule has 11 rings (SSSR count). The molecule has 0 atom stereocenters. The lowest BCUT2D eigenvalue weighted by atomic mass is 9.82. The number of aryl methyl sites for hydroxylation is 4. The number of hydrogen-bond acceptors (Lipinski definition) is 1. The summed E-state index contributed by atoms with van der Waals surface area (Å²) in [5, 5.41) is 0. The summed E-state index contributed by atoms with van der Waals surface area (Å²) in [5.41, 5.74) is 16.6. The molecule has 5 aromatic rings. The van der Waals surface area contributed by atoms with E-state index in [0.29, 0.717) is 5.92 Å². The van der Waals surface area contributed by atoms with Crippen LogP contribution >= 0.6 is 0 Å². The van der Waals surface area contributed by atoms with Crippen LogP contribution < -0.4 is 4.90 Å². The van der Waals surface area contributed by atoms with Crippen LogP contribution in [0.25, 0.3) is 11.1 Å². The number of anilines is 3. The van der Waals surface area contributed by atoms with Crippen molar-refractivity contribution in [3.8, 4) is 11.1 Å². The fraction of sp³-hybridized carbons (Fsp3) is 0.318. The van der Waals surface area contributed by atoms with E-state index < -0.39 is 0 Å². The van der Waals surface area contributed by atoms with E-state index in [1.165, 1.54) is 106 Å². The third-order valence-electron chi connectivity index (χ3n) is 11.1. The van der Waals surface area contributed by atoms with E-state index in [-0.39, 0.29) is 5.41 Å². The maximum Gasteiger partial charge on any atom is 0.0496 e. The molecule has 0 aliphatic heterocycles. The number of rotatable bonds is 4. The van der Waals surface area contributed by atoms with E-state index in [1.807, 2.05) is 0 Å². The highest BCUT2D eigenvalue weighted by atomic mass is 15.1. The van der Waals surface area contributed by atoms with E-state index in [9.17, 15) is 0 Å². The Morgan fingerprint density at radius 1 is 0.533 bits per heavy atom. The molecule has 1 heteroatoms. The molecule has 1 fully saturated rings. The minimum absolute atomic E-state index is 0.0373. The summed E-state index contributed by atoms with van der Waals surface area (Å²) in [7, 11) is 0. The quantitative estimate of drug-likeness (QED) is 0.189. The van der Waals surface area contributed by atoms with Gasteiger partial charge in [-0.3, -0.25) is 0 Å². The monoisotopic (exact) mass is 587 g/mol. The topological polar surface area (TPSA) is 3.24 Å². The van der Waals surface area contributed by atoms with Crippen molar-refractivity contribution < 1.29 is 0 Å². The van der Waals surface area contributed by atoms with Crippen LogP contribution in [0.1, 0.15) is 97.2 Å². The predicted molar refractivity (Wildman–Crippen MR) is 190 cm³/mol. The summed E-state index contributed by atoms with van der Waals surface area (Å²) in [4.78, 5) is 2.57. The lowest BCUT2D eigenvalue weighted by Crippen LogP contribution is -2.17. The van der Waals surface area contributed by atoms with Crippen LogP contribution in [-0.2, 0) is 31.1 Å². The molecule has 4 bridgehead atoms. The Morgan fingerprint density at radius 2 is 1.16 bits per heavy atom. The van der Waals surface area contributed by atoms with Crippen LogP contribution in [0.15, 0.2) is 109 Å². The molecule has 0 spiro atoms. The molecule has 0 heterocycles. The second-order valence-electron chi connectivity index (χ2n) is 14.3. The summed E-state index contributed by atoms with van der Waals surface area (Å²) < 4.78 is 0. The van der Waals surface area contributed by atoms with E-state index in [2.05, 4.69) is 128 Å². The molecular formula is C44H45N. The first-order chi connectivity index (χ1) is 22.0. The summed E-state index contributed by atoms with van der Waals surface area (Å²) in [6, 6.07) is 42.5. The van der Waals surface area contributed by atoms with Gasteiger partial charge >= 0.3 is 0 Å². The highest BCUT2D eigenvalue weighted by molar-refractivity contribution is 5.86. The molecule has 226 valence electrons. The van der Waals surface area contributed by atoms with Crippen molar-refractivity contribution in [1.29, 1.82) is 0 Å². The van der Waals surface area contributed by atoms with Crippen LogP contribution in [0.2, 0.25) is 0 Å². The largest absolute Gasteiger partial charge is 0.310 e. The zero-order valence-corrected chi connectivity index (χ0v) is 27.0. The second kappa shape index (κ2) is 11.7. The molecule has 0 N–H and O–H groups in total. The zero-order chi connectivity index (χ0) is 30.4. The van der Waals surface area contributed by atoms with Crippen molar-refractivity contribution in [1.82, 2.24) is 0 Å². The lowest BCUT2D eigenvalue weighted by Gasteiger charge is -2.31. The van der Waals surface area contributed by atoms with Gasteiger partial charge in [-0.1, -0.05) is 118 Å². The Kier molecular flexibility index (Phi) is 7.37. The first-order valence-electron chi connectivity index (χ1n) is 17.4. The van der Waals surface area contributed by atoms with Gasteiger partial charge in [0.15, 0.2) is 0 Å². The van der Waals surface area contributed by atoms with Gasteiger partial charge in [0.25, 0.3) is 0 Å². The van der Waals surface area contributed by atoms with Crippen molar-refractivity contribution in [2.45, 2.75) is 89.4 Å². The van der Waals surface area contributed by atoms with E-state index in [1.54, 1.807) is 0 Å². The average molecular weight is 588 g/mol. The number of nitrogens with zero attached hydrogens (tertiary/aromatic N) is 1. The van der Waals surface area contributed by atoms with E-state index >= 15 is 0 Å². The van der Waals surface area contributed by atoms with Crippen LogP contribution in [0, 0.1) is 0 Å². The molecule has 1 saturated carbocycles. The van der Waals surface area contributed by atoms with E-state index in [0.717, 1.165) is 25.7 Å². The van der Waals surface area contributed by atoms with Gasteiger partial charge in [-0.05, 0) is 125 Å². The first-order valence-corrected chi connectivity index (χ1v) is 17.4. The molecule has 6 aliphatic rings. The van der Waals surface area contributed by atoms with Gasteiger partial charge in [-0.15, -0.1) is 0 Å². The Bertz CT molecular complexity index is 1820. The maximum atomic E-state index is 2.57. The SMILES string of the molecule is CC1(C)c2ccccc2-c2ccc(N(c3ccc(C4CCCCCC4)cc3)c3cc4ccc3CCc3ccc(cc3)CC4)cc21. The summed E-state index contributed by atoms with van der Waals surface area (Å²) in [5.74, 6) is 0.699. The Labute approximate surface area is 270 Å². The fourth-order valence-corrected chi connectivity index (χ4v) is 8.39. The first kappa shape index (κ1) is 28.4. The minimum Gasteiger partial charge on any atom is -0.310 e. The van der Waals surface area contributed by atoms with E-state index in [4.69, 9.17) is 0 Å². The van der Waals surface area contributed by atoms with Crippen molar-refractivity contribution >= 4 is 17.1 Å². The molecule has 0 aromatic heterocycles. The van der Waals surface area contributed by atoms with Crippen molar-refractivity contribution in [2.24, 2.45) is 0 Å². The smallest absolute Gasteiger partial charge is 0.0496 e. The average Bonchev–Trinajstić information content (AvgIpc) is 3.23. The summed E-state index contributed by atoms with van der Waals surface area (Å²) in [6.07, 6.45) is 12.4. The van der Waals surface area contributed by atoms with Crippen LogP contribution in [0.3, 0.4) is 0 Å².